The topological polar surface area (TPSA) is 12.5 Å². The molecule has 1 saturated heterocycles. The highest BCUT2D eigenvalue weighted by Crippen LogP contribution is 2.49. The van der Waals surface area contributed by atoms with Crippen molar-refractivity contribution in [3.05, 3.63) is 29.3 Å². The summed E-state index contributed by atoms with van der Waals surface area (Å²) in [6.45, 7) is 8.97. The van der Waals surface area contributed by atoms with Gasteiger partial charge in [0.25, 0.3) is 0 Å². The molecule has 2 atom stereocenters. The van der Waals surface area contributed by atoms with Crippen LogP contribution in [-0.4, -0.2) is 32.1 Å². The van der Waals surface area contributed by atoms with Gasteiger partial charge in [0.05, 0.1) is 7.11 Å². The van der Waals surface area contributed by atoms with E-state index < -0.39 is 0 Å². The molecule has 1 aromatic rings. The number of aryl methyl sites for hydroxylation is 1. The lowest BCUT2D eigenvalue weighted by atomic mass is 9.67. The molecule has 2 nitrogen and oxygen atoms in total. The molecule has 0 radical (unpaired) electrons. The molecule has 118 valence electrons. The van der Waals surface area contributed by atoms with Crippen LogP contribution in [0.3, 0.4) is 0 Å². The first kappa shape index (κ1) is 16.4. The van der Waals surface area contributed by atoms with Crippen LogP contribution in [0.1, 0.15) is 57.1 Å². The van der Waals surface area contributed by atoms with E-state index in [-0.39, 0.29) is 0 Å². The summed E-state index contributed by atoms with van der Waals surface area (Å²) in [5.74, 6) is 1.74. The number of nitrogens with zero attached hydrogens (tertiary/aromatic N) is 1. The minimum absolute atomic E-state index is 0.457. The number of hydrogen-bond donors (Lipinski definition) is 0. The van der Waals surface area contributed by atoms with Crippen LogP contribution in [0, 0.1) is 5.41 Å². The fraction of sp³-hybridized carbons (Fsp3) is 0.684. The van der Waals surface area contributed by atoms with Crippen molar-refractivity contribution in [2.24, 2.45) is 5.41 Å². The van der Waals surface area contributed by atoms with Gasteiger partial charge in [-0.1, -0.05) is 26.8 Å². The average Bonchev–Trinajstić information content (AvgIpc) is 2.88. The largest absolute Gasteiger partial charge is 0.497 e. The van der Waals surface area contributed by atoms with Crippen molar-refractivity contribution in [3.63, 3.8) is 0 Å². The van der Waals surface area contributed by atoms with E-state index in [4.69, 9.17) is 4.74 Å². The van der Waals surface area contributed by atoms with Crippen LogP contribution in [0.15, 0.2) is 18.2 Å². The van der Waals surface area contributed by atoms with Crippen molar-refractivity contribution in [2.45, 2.75) is 52.4 Å². The Hall–Kier alpha value is -1.02. The number of rotatable bonds is 2. The number of ether oxygens (including phenoxy) is 1. The van der Waals surface area contributed by atoms with Crippen molar-refractivity contribution in [1.82, 2.24) is 4.90 Å². The van der Waals surface area contributed by atoms with Crippen LogP contribution in [0.25, 0.3) is 0 Å². The number of methoxy groups -OCH3 is 1. The molecular formula is C19H31NO. The molecule has 2 heteroatoms. The quantitative estimate of drug-likeness (QED) is 0.795. The fourth-order valence-electron chi connectivity index (χ4n) is 4.15. The van der Waals surface area contributed by atoms with Gasteiger partial charge in [-0.25, -0.2) is 0 Å². The van der Waals surface area contributed by atoms with Gasteiger partial charge in [-0.15, -0.1) is 0 Å². The summed E-state index contributed by atoms with van der Waals surface area (Å²) >= 11 is 0. The first-order chi connectivity index (χ1) is 10.1. The lowest BCUT2D eigenvalue weighted by molar-refractivity contribution is 0.232. The molecule has 0 amide bonds. The van der Waals surface area contributed by atoms with Gasteiger partial charge in [0.1, 0.15) is 5.75 Å². The van der Waals surface area contributed by atoms with Gasteiger partial charge >= 0.3 is 0 Å². The Morgan fingerprint density at radius 3 is 2.67 bits per heavy atom. The van der Waals surface area contributed by atoms with Crippen molar-refractivity contribution >= 4 is 0 Å². The van der Waals surface area contributed by atoms with Gasteiger partial charge in [-0.05, 0) is 73.9 Å². The van der Waals surface area contributed by atoms with Crippen LogP contribution >= 0.6 is 0 Å². The van der Waals surface area contributed by atoms with Gasteiger partial charge in [0, 0.05) is 6.54 Å². The highest BCUT2D eigenvalue weighted by molar-refractivity contribution is 5.40. The predicted molar refractivity (Wildman–Crippen MR) is 90.2 cm³/mol. The molecule has 2 aliphatic rings. The summed E-state index contributed by atoms with van der Waals surface area (Å²) in [6, 6.07) is 6.71. The molecule has 21 heavy (non-hydrogen) atoms. The highest BCUT2D eigenvalue weighted by Gasteiger charge is 2.41. The zero-order chi connectivity index (χ0) is 15.5. The maximum absolute atomic E-state index is 5.37. The first-order valence-electron chi connectivity index (χ1n) is 8.48. The summed E-state index contributed by atoms with van der Waals surface area (Å²) in [7, 11) is 4.01. The molecule has 0 spiro atoms. The Morgan fingerprint density at radius 2 is 2.05 bits per heavy atom. The Bertz CT molecular complexity index is 471. The first-order valence-corrected chi connectivity index (χ1v) is 8.48. The SMILES string of the molecule is CC.COc1ccc2c(c1)CCCC2C1(C)CCN(C)C1. The lowest BCUT2D eigenvalue weighted by Crippen LogP contribution is -2.31. The van der Waals surface area contributed by atoms with Gasteiger partial charge in [-0.3, -0.25) is 0 Å². The standard InChI is InChI=1S/C17H25NO.C2H6/c1-17(9-10-18(2)12-17)16-6-4-5-13-11-14(19-3)7-8-15(13)16;1-2/h7-8,11,16H,4-6,9-10,12H2,1-3H3;1-2H3. The monoisotopic (exact) mass is 289 g/mol. The maximum atomic E-state index is 5.37. The van der Waals surface area contributed by atoms with E-state index in [2.05, 4.69) is 37.1 Å². The molecule has 0 N–H and O–H groups in total. The third kappa shape index (κ3) is 3.26. The van der Waals surface area contributed by atoms with E-state index in [0.29, 0.717) is 5.41 Å². The number of benzene rings is 1. The van der Waals surface area contributed by atoms with Crippen molar-refractivity contribution < 1.29 is 4.74 Å². The molecule has 0 aromatic heterocycles. The van der Waals surface area contributed by atoms with E-state index in [1.807, 2.05) is 13.8 Å². The minimum atomic E-state index is 0.457. The minimum Gasteiger partial charge on any atom is -0.497 e. The molecule has 1 heterocycles. The van der Waals surface area contributed by atoms with Crippen LogP contribution in [0.5, 0.6) is 5.75 Å². The Labute approximate surface area is 130 Å². The van der Waals surface area contributed by atoms with Gasteiger partial charge in [0.15, 0.2) is 0 Å². The van der Waals surface area contributed by atoms with Crippen LogP contribution in [-0.2, 0) is 6.42 Å². The molecule has 2 unspecified atom stereocenters. The van der Waals surface area contributed by atoms with E-state index in [1.165, 1.54) is 44.3 Å². The third-order valence-corrected chi connectivity index (χ3v) is 5.20. The van der Waals surface area contributed by atoms with Crippen molar-refractivity contribution in [1.29, 1.82) is 0 Å². The van der Waals surface area contributed by atoms with Crippen LogP contribution < -0.4 is 4.74 Å². The second-order valence-corrected chi connectivity index (χ2v) is 6.65. The summed E-state index contributed by atoms with van der Waals surface area (Å²) in [4.78, 5) is 2.48. The molecule has 1 fully saturated rings. The van der Waals surface area contributed by atoms with E-state index in [0.717, 1.165) is 11.7 Å². The molecule has 1 aliphatic heterocycles. The van der Waals surface area contributed by atoms with Crippen LogP contribution in [0.2, 0.25) is 0 Å². The second-order valence-electron chi connectivity index (χ2n) is 6.65. The summed E-state index contributed by atoms with van der Waals surface area (Å²) in [5, 5.41) is 0. The molecule has 1 aliphatic carbocycles. The van der Waals surface area contributed by atoms with Gasteiger partial charge in [-0.2, -0.15) is 0 Å². The lowest BCUT2D eigenvalue weighted by Gasteiger charge is -2.38. The normalized spacial score (nSPS) is 28.5. The summed E-state index contributed by atoms with van der Waals surface area (Å²) in [5.41, 5.74) is 3.56. The zero-order valence-electron chi connectivity index (χ0n) is 14.4. The van der Waals surface area contributed by atoms with Crippen LogP contribution in [0.4, 0.5) is 0 Å². The van der Waals surface area contributed by atoms with Gasteiger partial charge < -0.3 is 9.64 Å². The molecule has 1 aromatic carbocycles. The fourth-order valence-corrected chi connectivity index (χ4v) is 4.15. The molecular weight excluding hydrogens is 258 g/mol. The molecule has 0 bridgehead atoms. The molecule has 3 rings (SSSR count). The third-order valence-electron chi connectivity index (χ3n) is 5.20. The van der Waals surface area contributed by atoms with Crippen molar-refractivity contribution in [2.75, 3.05) is 27.2 Å². The predicted octanol–water partition coefficient (Wildman–Crippen LogP) is 4.48. The summed E-state index contributed by atoms with van der Waals surface area (Å²) in [6.07, 6.45) is 5.22. The number of likely N-dealkylation sites (tertiary alicyclic amines) is 1. The van der Waals surface area contributed by atoms with Gasteiger partial charge in [0.2, 0.25) is 0 Å². The highest BCUT2D eigenvalue weighted by atomic mass is 16.5. The van der Waals surface area contributed by atoms with E-state index >= 15 is 0 Å². The summed E-state index contributed by atoms with van der Waals surface area (Å²) < 4.78 is 5.37. The Morgan fingerprint density at radius 1 is 1.29 bits per heavy atom. The molecule has 0 saturated carbocycles. The zero-order valence-corrected chi connectivity index (χ0v) is 14.4. The Kier molecular flexibility index (Phi) is 5.32. The van der Waals surface area contributed by atoms with E-state index in [1.54, 1.807) is 12.7 Å². The number of hydrogen-bond acceptors (Lipinski definition) is 2. The average molecular weight is 289 g/mol. The van der Waals surface area contributed by atoms with Crippen molar-refractivity contribution in [3.8, 4) is 5.75 Å². The number of fused-ring (bicyclic) bond motifs is 1. The Balaban J connectivity index is 0.000000774. The smallest absolute Gasteiger partial charge is 0.119 e. The maximum Gasteiger partial charge on any atom is 0.119 e. The second kappa shape index (κ2) is 6.83. The van der Waals surface area contributed by atoms with E-state index in [9.17, 15) is 0 Å².